The lowest BCUT2D eigenvalue weighted by atomic mass is 10.1. The molecule has 0 aliphatic heterocycles. The van der Waals surface area contributed by atoms with E-state index < -0.39 is 17.5 Å². The van der Waals surface area contributed by atoms with Gasteiger partial charge in [-0.15, -0.1) is 0 Å². The summed E-state index contributed by atoms with van der Waals surface area (Å²) in [6, 6.07) is 0.950. The number of carboxylic acids is 2. The van der Waals surface area contributed by atoms with Crippen molar-refractivity contribution < 1.29 is 19.8 Å². The van der Waals surface area contributed by atoms with Crippen LogP contribution in [-0.2, 0) is 0 Å². The topological polar surface area (TPSA) is 101 Å². The Morgan fingerprint density at radius 3 is 2.13 bits per heavy atom. The summed E-state index contributed by atoms with van der Waals surface area (Å²) in [5, 5.41) is 16.8. The number of aromatic carboxylic acids is 2. The van der Waals surface area contributed by atoms with E-state index in [2.05, 4.69) is 0 Å². The fourth-order valence-electron chi connectivity index (χ4n) is 1.02. The Bertz CT molecular complexity index is 458. The van der Waals surface area contributed by atoms with Crippen molar-refractivity contribution in [3.8, 4) is 0 Å². The van der Waals surface area contributed by atoms with Gasteiger partial charge in [-0.2, -0.15) is 0 Å². The smallest absolute Gasteiger partial charge is 0.339 e. The maximum Gasteiger partial charge on any atom is 0.339 e. The van der Waals surface area contributed by atoms with Gasteiger partial charge < -0.3 is 15.9 Å². The normalized spacial score (nSPS) is 10.0. The average molecular weight is 250 g/mol. The van der Waals surface area contributed by atoms with Gasteiger partial charge in [0.05, 0.1) is 21.3 Å². The van der Waals surface area contributed by atoms with Gasteiger partial charge in [0.25, 0.3) is 0 Å². The van der Waals surface area contributed by atoms with Gasteiger partial charge in [0, 0.05) is 0 Å². The van der Waals surface area contributed by atoms with Gasteiger partial charge in [0.2, 0.25) is 0 Å². The van der Waals surface area contributed by atoms with Crippen LogP contribution in [0.25, 0.3) is 0 Å². The third-order valence-electron chi connectivity index (χ3n) is 1.70. The Labute approximate surface area is 94.0 Å². The van der Waals surface area contributed by atoms with Gasteiger partial charge in [-0.25, -0.2) is 9.59 Å². The summed E-state index contributed by atoms with van der Waals surface area (Å²) in [6.45, 7) is 0. The molecule has 0 aliphatic carbocycles. The summed E-state index contributed by atoms with van der Waals surface area (Å²) < 4.78 is 0. The number of rotatable bonds is 2. The van der Waals surface area contributed by atoms with Gasteiger partial charge in [0.1, 0.15) is 5.56 Å². The number of anilines is 1. The molecule has 7 heteroatoms. The molecule has 0 bridgehead atoms. The van der Waals surface area contributed by atoms with Crippen LogP contribution in [0.4, 0.5) is 5.69 Å². The lowest BCUT2D eigenvalue weighted by Crippen LogP contribution is -2.08. The summed E-state index contributed by atoms with van der Waals surface area (Å²) in [4.78, 5) is 21.4. The second-order valence-corrected chi connectivity index (χ2v) is 3.40. The number of hydrogen-bond acceptors (Lipinski definition) is 3. The number of halogens is 2. The highest BCUT2D eigenvalue weighted by Gasteiger charge is 2.21. The van der Waals surface area contributed by atoms with Crippen LogP contribution in [0.2, 0.25) is 10.0 Å². The largest absolute Gasteiger partial charge is 0.478 e. The molecular formula is C8H5Cl2NO4. The van der Waals surface area contributed by atoms with Crippen molar-refractivity contribution >= 4 is 40.8 Å². The molecule has 1 aromatic carbocycles. The van der Waals surface area contributed by atoms with Crippen LogP contribution >= 0.6 is 23.2 Å². The molecule has 0 heterocycles. The molecule has 4 N–H and O–H groups in total. The minimum atomic E-state index is -1.36. The van der Waals surface area contributed by atoms with E-state index >= 15 is 0 Å². The van der Waals surface area contributed by atoms with Crippen LogP contribution in [0.3, 0.4) is 0 Å². The summed E-state index contributed by atoms with van der Waals surface area (Å²) >= 11 is 11.1. The van der Waals surface area contributed by atoms with Crippen molar-refractivity contribution in [2.75, 3.05) is 5.73 Å². The number of carbonyl (C=O) groups is 2. The fourth-order valence-corrected chi connectivity index (χ4v) is 1.54. The molecule has 0 atom stereocenters. The molecule has 5 nitrogen and oxygen atoms in total. The Hall–Kier alpha value is -1.46. The molecule has 0 unspecified atom stereocenters. The molecule has 0 aliphatic rings. The highest BCUT2D eigenvalue weighted by Crippen LogP contribution is 2.33. The zero-order valence-corrected chi connectivity index (χ0v) is 8.63. The van der Waals surface area contributed by atoms with Crippen molar-refractivity contribution in [2.24, 2.45) is 0 Å². The second kappa shape index (κ2) is 3.96. The van der Waals surface area contributed by atoms with Gasteiger partial charge >= 0.3 is 11.9 Å². The molecule has 0 radical (unpaired) electrons. The first-order valence-electron chi connectivity index (χ1n) is 3.60. The molecule has 0 saturated heterocycles. The monoisotopic (exact) mass is 249 g/mol. The Morgan fingerprint density at radius 2 is 1.73 bits per heavy atom. The quantitative estimate of drug-likeness (QED) is 0.696. The van der Waals surface area contributed by atoms with E-state index in [4.69, 9.17) is 39.1 Å². The molecule has 1 rings (SSSR count). The fraction of sp³-hybridized carbons (Fsp3) is 0. The van der Waals surface area contributed by atoms with Crippen LogP contribution in [0, 0.1) is 0 Å². The number of benzene rings is 1. The maximum atomic E-state index is 10.7. The minimum Gasteiger partial charge on any atom is -0.478 e. The third-order valence-corrected chi connectivity index (χ3v) is 2.40. The van der Waals surface area contributed by atoms with E-state index in [0.717, 1.165) is 6.07 Å². The minimum absolute atomic E-state index is 0.262. The first kappa shape index (κ1) is 11.6. The third kappa shape index (κ3) is 1.98. The van der Waals surface area contributed by atoms with E-state index in [9.17, 15) is 9.59 Å². The van der Waals surface area contributed by atoms with Gasteiger partial charge in [-0.3, -0.25) is 0 Å². The molecule has 0 amide bonds. The van der Waals surface area contributed by atoms with Crippen LogP contribution in [0.15, 0.2) is 6.07 Å². The highest BCUT2D eigenvalue weighted by molar-refractivity contribution is 6.40. The van der Waals surface area contributed by atoms with E-state index in [0.29, 0.717) is 0 Å². The van der Waals surface area contributed by atoms with E-state index in [1.54, 1.807) is 0 Å². The van der Waals surface area contributed by atoms with Gasteiger partial charge in [-0.1, -0.05) is 23.2 Å². The van der Waals surface area contributed by atoms with Crippen molar-refractivity contribution in [2.45, 2.75) is 0 Å². The molecule has 0 spiro atoms. The number of nitrogens with two attached hydrogens (primary N) is 1. The van der Waals surface area contributed by atoms with Crippen LogP contribution in [-0.4, -0.2) is 22.2 Å². The average Bonchev–Trinajstić information content (AvgIpc) is 2.10. The molecule has 0 fully saturated rings. The predicted octanol–water partition coefficient (Wildman–Crippen LogP) is 1.97. The number of carboxylic acid groups (broad SMARTS) is 2. The second-order valence-electron chi connectivity index (χ2n) is 2.62. The summed E-state index contributed by atoms with van der Waals surface area (Å²) in [7, 11) is 0. The first-order valence-corrected chi connectivity index (χ1v) is 4.36. The first-order chi connectivity index (χ1) is 6.86. The number of nitrogen functional groups attached to an aromatic ring is 1. The maximum absolute atomic E-state index is 10.7. The van der Waals surface area contributed by atoms with E-state index in [1.165, 1.54) is 0 Å². The summed E-state index contributed by atoms with van der Waals surface area (Å²) in [5.41, 5.74) is 4.28. The predicted molar refractivity (Wildman–Crippen MR) is 54.8 cm³/mol. The zero-order chi connectivity index (χ0) is 11.7. The van der Waals surface area contributed by atoms with Crippen molar-refractivity contribution in [3.05, 3.63) is 27.2 Å². The molecule has 15 heavy (non-hydrogen) atoms. The molecule has 0 aromatic heterocycles. The lowest BCUT2D eigenvalue weighted by molar-refractivity contribution is 0.0682. The molecule has 0 saturated carbocycles. The van der Waals surface area contributed by atoms with E-state index in [-0.39, 0.29) is 21.3 Å². The van der Waals surface area contributed by atoms with Crippen molar-refractivity contribution in [1.29, 1.82) is 0 Å². The Kier molecular flexibility index (Phi) is 3.06. The van der Waals surface area contributed by atoms with Gasteiger partial charge in [0.15, 0.2) is 0 Å². The van der Waals surface area contributed by atoms with Crippen LogP contribution in [0.1, 0.15) is 20.7 Å². The van der Waals surface area contributed by atoms with Crippen molar-refractivity contribution in [3.63, 3.8) is 0 Å². The standard InChI is InChI=1S/C8H5Cl2NO4/c9-3-1-2(7(12)13)5(10)6(11)4(3)8(14)15/h1H,11H2,(H,12,13)(H,14,15). The van der Waals surface area contributed by atoms with Crippen molar-refractivity contribution in [1.82, 2.24) is 0 Å². The van der Waals surface area contributed by atoms with E-state index in [1.807, 2.05) is 0 Å². The van der Waals surface area contributed by atoms with Crippen LogP contribution in [0.5, 0.6) is 0 Å². The molecule has 1 aromatic rings. The SMILES string of the molecule is Nc1c(Cl)c(C(=O)O)cc(Cl)c1C(=O)O. The summed E-state index contributed by atoms with van der Waals surface area (Å²) in [6.07, 6.45) is 0. The van der Waals surface area contributed by atoms with Gasteiger partial charge in [-0.05, 0) is 6.07 Å². The Balaban J connectivity index is 3.58. The lowest BCUT2D eigenvalue weighted by Gasteiger charge is -2.08. The zero-order valence-electron chi connectivity index (χ0n) is 7.12. The molecule has 80 valence electrons. The highest BCUT2D eigenvalue weighted by atomic mass is 35.5. The van der Waals surface area contributed by atoms with Crippen LogP contribution < -0.4 is 5.73 Å². The molecular weight excluding hydrogens is 245 g/mol. The number of hydrogen-bond donors (Lipinski definition) is 3. The Morgan fingerprint density at radius 1 is 1.20 bits per heavy atom. The summed E-state index contributed by atoms with van der Waals surface area (Å²) in [5.74, 6) is -2.69.